The van der Waals surface area contributed by atoms with E-state index in [1.54, 1.807) is 18.6 Å². The topological polar surface area (TPSA) is 50.7 Å². The monoisotopic (exact) mass is 200 g/mol. The molecule has 2 aromatic rings. The third-order valence-electron chi connectivity index (χ3n) is 2.05. The van der Waals surface area contributed by atoms with E-state index >= 15 is 0 Å². The molecule has 0 saturated carbocycles. The molecule has 0 amide bonds. The minimum atomic E-state index is 0.860. The lowest BCUT2D eigenvalue weighted by Crippen LogP contribution is -2.06. The van der Waals surface area contributed by atoms with Gasteiger partial charge in [0.1, 0.15) is 12.1 Å². The van der Waals surface area contributed by atoms with Crippen LogP contribution < -0.4 is 5.32 Å². The van der Waals surface area contributed by atoms with Gasteiger partial charge in [0.2, 0.25) is 0 Å². The Kier molecular flexibility index (Phi) is 3.22. The van der Waals surface area contributed by atoms with Crippen molar-refractivity contribution in [2.24, 2.45) is 0 Å². The van der Waals surface area contributed by atoms with Crippen molar-refractivity contribution in [2.45, 2.75) is 6.42 Å². The van der Waals surface area contributed by atoms with E-state index in [4.69, 9.17) is 0 Å². The molecule has 0 spiro atoms. The molecule has 1 N–H and O–H groups in total. The van der Waals surface area contributed by atoms with Gasteiger partial charge in [-0.15, -0.1) is 0 Å². The van der Waals surface area contributed by atoms with Gasteiger partial charge in [0.25, 0.3) is 0 Å². The first-order chi connectivity index (χ1) is 7.45. The number of hydrogen-bond acceptors (Lipinski definition) is 4. The summed E-state index contributed by atoms with van der Waals surface area (Å²) in [6, 6.07) is 5.88. The molecule has 4 nitrogen and oxygen atoms in total. The summed E-state index contributed by atoms with van der Waals surface area (Å²) in [6.07, 6.45) is 7.84. The smallest absolute Gasteiger partial charge is 0.129 e. The molecule has 2 heterocycles. The highest BCUT2D eigenvalue weighted by atomic mass is 15.0. The second-order valence-electron chi connectivity index (χ2n) is 3.13. The van der Waals surface area contributed by atoms with E-state index in [1.807, 2.05) is 18.2 Å². The average Bonchev–Trinajstić information content (AvgIpc) is 2.32. The SMILES string of the molecule is c1cc(CCNc2ccncn2)ccn1. The number of pyridine rings is 1. The zero-order valence-electron chi connectivity index (χ0n) is 8.30. The van der Waals surface area contributed by atoms with E-state index in [0.717, 1.165) is 18.8 Å². The summed E-state index contributed by atoms with van der Waals surface area (Å²) in [5.74, 6) is 0.860. The number of anilines is 1. The lowest BCUT2D eigenvalue weighted by Gasteiger charge is -2.04. The Labute approximate surface area is 88.4 Å². The Morgan fingerprint density at radius 3 is 2.53 bits per heavy atom. The molecule has 0 aliphatic rings. The standard InChI is InChI=1S/C11H12N4/c1-5-12-6-2-10(1)3-8-14-11-4-7-13-9-15-11/h1-2,4-7,9H,3,8H2,(H,13,14,15). The number of rotatable bonds is 4. The summed E-state index contributed by atoms with van der Waals surface area (Å²) >= 11 is 0. The summed E-state index contributed by atoms with van der Waals surface area (Å²) in [7, 11) is 0. The molecule has 0 saturated heterocycles. The Morgan fingerprint density at radius 1 is 1.00 bits per heavy atom. The fourth-order valence-corrected chi connectivity index (χ4v) is 1.28. The number of hydrogen-bond donors (Lipinski definition) is 1. The molecule has 2 rings (SSSR count). The van der Waals surface area contributed by atoms with Crippen molar-refractivity contribution in [3.8, 4) is 0 Å². The lowest BCUT2D eigenvalue weighted by atomic mass is 10.2. The van der Waals surface area contributed by atoms with Crippen molar-refractivity contribution in [2.75, 3.05) is 11.9 Å². The molecular weight excluding hydrogens is 188 g/mol. The maximum absolute atomic E-state index is 4.08. The van der Waals surface area contributed by atoms with Gasteiger partial charge in [0, 0.05) is 25.1 Å². The van der Waals surface area contributed by atoms with E-state index < -0.39 is 0 Å². The van der Waals surface area contributed by atoms with Gasteiger partial charge in [-0.25, -0.2) is 9.97 Å². The van der Waals surface area contributed by atoms with Crippen molar-refractivity contribution < 1.29 is 0 Å². The molecule has 4 heteroatoms. The zero-order valence-corrected chi connectivity index (χ0v) is 8.30. The van der Waals surface area contributed by atoms with Gasteiger partial charge in [0.15, 0.2) is 0 Å². The van der Waals surface area contributed by atoms with Gasteiger partial charge < -0.3 is 5.32 Å². The van der Waals surface area contributed by atoms with E-state index in [0.29, 0.717) is 0 Å². The van der Waals surface area contributed by atoms with Crippen molar-refractivity contribution in [3.05, 3.63) is 48.7 Å². The highest BCUT2D eigenvalue weighted by molar-refractivity contribution is 5.31. The summed E-state index contributed by atoms with van der Waals surface area (Å²) in [4.78, 5) is 11.9. The minimum Gasteiger partial charge on any atom is -0.370 e. The predicted octanol–water partition coefficient (Wildman–Crippen LogP) is 1.53. The maximum atomic E-state index is 4.08. The van der Waals surface area contributed by atoms with Gasteiger partial charge in [-0.3, -0.25) is 4.98 Å². The lowest BCUT2D eigenvalue weighted by molar-refractivity contribution is 0.994. The molecule has 0 radical (unpaired) electrons. The summed E-state index contributed by atoms with van der Waals surface area (Å²) in [5.41, 5.74) is 1.27. The van der Waals surface area contributed by atoms with Crippen LogP contribution in [0.5, 0.6) is 0 Å². The molecule has 0 fully saturated rings. The number of nitrogens with one attached hydrogen (secondary N) is 1. The number of nitrogens with zero attached hydrogens (tertiary/aromatic N) is 3. The molecule has 15 heavy (non-hydrogen) atoms. The van der Waals surface area contributed by atoms with Crippen molar-refractivity contribution in [1.29, 1.82) is 0 Å². The quantitative estimate of drug-likeness (QED) is 0.813. The van der Waals surface area contributed by atoms with Crippen LogP contribution in [0.25, 0.3) is 0 Å². The Morgan fingerprint density at radius 2 is 1.80 bits per heavy atom. The summed E-state index contributed by atoms with van der Waals surface area (Å²) < 4.78 is 0. The molecule has 0 unspecified atom stereocenters. The molecule has 76 valence electrons. The molecule has 2 aromatic heterocycles. The number of aromatic nitrogens is 3. The van der Waals surface area contributed by atoms with E-state index in [9.17, 15) is 0 Å². The van der Waals surface area contributed by atoms with Gasteiger partial charge in [-0.1, -0.05) is 0 Å². The largest absolute Gasteiger partial charge is 0.370 e. The van der Waals surface area contributed by atoms with Gasteiger partial charge in [-0.05, 0) is 30.2 Å². The Bertz CT molecular complexity index is 348. The van der Waals surface area contributed by atoms with Crippen molar-refractivity contribution in [3.63, 3.8) is 0 Å². The average molecular weight is 200 g/mol. The van der Waals surface area contributed by atoms with Crippen LogP contribution in [0.1, 0.15) is 5.56 Å². The second-order valence-corrected chi connectivity index (χ2v) is 3.13. The molecule has 0 aromatic carbocycles. The van der Waals surface area contributed by atoms with Gasteiger partial charge in [0.05, 0.1) is 0 Å². The molecule has 0 aliphatic carbocycles. The maximum Gasteiger partial charge on any atom is 0.129 e. The second kappa shape index (κ2) is 5.05. The summed E-state index contributed by atoms with van der Waals surface area (Å²) in [6.45, 7) is 0.862. The van der Waals surface area contributed by atoms with Crippen LogP contribution >= 0.6 is 0 Å². The van der Waals surface area contributed by atoms with Crippen LogP contribution in [0.2, 0.25) is 0 Å². The Balaban J connectivity index is 1.81. The third kappa shape index (κ3) is 3.02. The van der Waals surface area contributed by atoms with Crippen LogP contribution in [0.15, 0.2) is 43.1 Å². The summed E-state index contributed by atoms with van der Waals surface area (Å²) in [5, 5.41) is 3.22. The first kappa shape index (κ1) is 9.58. The first-order valence-corrected chi connectivity index (χ1v) is 4.84. The molecule has 0 bridgehead atoms. The fourth-order valence-electron chi connectivity index (χ4n) is 1.28. The minimum absolute atomic E-state index is 0.860. The highest BCUT2D eigenvalue weighted by Crippen LogP contribution is 2.00. The fraction of sp³-hybridized carbons (Fsp3) is 0.182. The van der Waals surface area contributed by atoms with E-state index in [1.165, 1.54) is 11.9 Å². The van der Waals surface area contributed by atoms with Crippen molar-refractivity contribution in [1.82, 2.24) is 15.0 Å². The Hall–Kier alpha value is -1.97. The predicted molar refractivity (Wildman–Crippen MR) is 58.5 cm³/mol. The first-order valence-electron chi connectivity index (χ1n) is 4.84. The van der Waals surface area contributed by atoms with Crippen LogP contribution in [0.3, 0.4) is 0 Å². The van der Waals surface area contributed by atoms with Crippen LogP contribution in [-0.4, -0.2) is 21.5 Å². The van der Waals surface area contributed by atoms with Crippen molar-refractivity contribution >= 4 is 5.82 Å². The zero-order chi connectivity index (χ0) is 10.3. The highest BCUT2D eigenvalue weighted by Gasteiger charge is 1.93. The van der Waals surface area contributed by atoms with Gasteiger partial charge in [-0.2, -0.15) is 0 Å². The van der Waals surface area contributed by atoms with E-state index in [-0.39, 0.29) is 0 Å². The van der Waals surface area contributed by atoms with E-state index in [2.05, 4.69) is 20.3 Å². The molecular formula is C11H12N4. The van der Waals surface area contributed by atoms with Crippen LogP contribution in [-0.2, 0) is 6.42 Å². The normalized spacial score (nSPS) is 9.87. The molecule has 0 aliphatic heterocycles. The van der Waals surface area contributed by atoms with Crippen LogP contribution in [0, 0.1) is 0 Å². The third-order valence-corrected chi connectivity index (χ3v) is 2.05. The van der Waals surface area contributed by atoms with Crippen LogP contribution in [0.4, 0.5) is 5.82 Å². The van der Waals surface area contributed by atoms with Gasteiger partial charge >= 0.3 is 0 Å². The molecule has 0 atom stereocenters.